The molecule has 1 N–H and O–H groups in total. The van der Waals surface area contributed by atoms with E-state index in [1.54, 1.807) is 12.1 Å². The molecule has 0 spiro atoms. The van der Waals surface area contributed by atoms with Gasteiger partial charge in [0, 0.05) is 23.4 Å². The summed E-state index contributed by atoms with van der Waals surface area (Å²) in [6.45, 7) is 0.885. The third-order valence-electron chi connectivity index (χ3n) is 3.52. The van der Waals surface area contributed by atoms with Crippen LogP contribution in [0.2, 0.25) is 0 Å². The zero-order valence-corrected chi connectivity index (χ0v) is 10.7. The third kappa shape index (κ3) is 2.18. The van der Waals surface area contributed by atoms with Crippen LogP contribution in [0.25, 0.3) is 0 Å². The summed E-state index contributed by atoms with van der Waals surface area (Å²) in [6, 6.07) is 8.70. The first-order chi connectivity index (χ1) is 9.66. The molecule has 0 saturated carbocycles. The van der Waals surface area contributed by atoms with Crippen LogP contribution in [0.5, 0.6) is 0 Å². The maximum atomic E-state index is 13.3. The molecule has 0 amide bonds. The van der Waals surface area contributed by atoms with Crippen molar-refractivity contribution in [2.75, 3.05) is 11.9 Å². The fourth-order valence-electron chi connectivity index (χ4n) is 2.52. The van der Waals surface area contributed by atoms with E-state index in [0.29, 0.717) is 5.56 Å². The van der Waals surface area contributed by atoms with Gasteiger partial charge in [0.25, 0.3) is 0 Å². The Morgan fingerprint density at radius 2 is 1.95 bits per heavy atom. The number of hydrogen-bond acceptors (Lipinski definition) is 2. The number of hydrogen-bond donors (Lipinski definition) is 1. The zero-order valence-electron chi connectivity index (χ0n) is 10.7. The molecule has 3 rings (SSSR count). The van der Waals surface area contributed by atoms with Crippen molar-refractivity contribution in [2.24, 2.45) is 0 Å². The van der Waals surface area contributed by atoms with Gasteiger partial charge in [0.15, 0.2) is 17.4 Å². The van der Waals surface area contributed by atoms with E-state index >= 15 is 0 Å². The monoisotopic (exact) mass is 273 g/mol. The average molecular weight is 273 g/mol. The third-order valence-corrected chi connectivity index (χ3v) is 3.52. The summed E-state index contributed by atoms with van der Waals surface area (Å²) in [6.07, 6.45) is 1.77. The van der Waals surface area contributed by atoms with E-state index in [-0.39, 0.29) is 11.3 Å². The highest BCUT2D eigenvalue weighted by Crippen LogP contribution is 2.27. The molecule has 0 saturated heterocycles. The van der Waals surface area contributed by atoms with Gasteiger partial charge in [-0.25, -0.2) is 8.78 Å². The lowest BCUT2D eigenvalue weighted by Crippen LogP contribution is -2.16. The second kappa shape index (κ2) is 5.04. The second-order valence-electron chi connectivity index (χ2n) is 4.82. The van der Waals surface area contributed by atoms with Crippen molar-refractivity contribution in [1.82, 2.24) is 0 Å². The first-order valence-electron chi connectivity index (χ1n) is 6.52. The molecule has 2 nitrogen and oxygen atoms in total. The van der Waals surface area contributed by atoms with Crippen LogP contribution in [-0.4, -0.2) is 12.3 Å². The molecule has 1 aliphatic rings. The fourth-order valence-corrected chi connectivity index (χ4v) is 2.52. The van der Waals surface area contributed by atoms with Crippen LogP contribution >= 0.6 is 0 Å². The van der Waals surface area contributed by atoms with Crippen molar-refractivity contribution < 1.29 is 13.6 Å². The van der Waals surface area contributed by atoms with Crippen molar-refractivity contribution in [3.63, 3.8) is 0 Å². The first kappa shape index (κ1) is 12.8. The smallest absolute Gasteiger partial charge is 0.193 e. The summed E-state index contributed by atoms with van der Waals surface area (Å²) in [5.74, 6) is -2.22. The molecule has 20 heavy (non-hydrogen) atoms. The summed E-state index contributed by atoms with van der Waals surface area (Å²) in [7, 11) is 0. The Labute approximate surface area is 115 Å². The van der Waals surface area contributed by atoms with E-state index in [0.717, 1.165) is 42.8 Å². The number of benzene rings is 2. The van der Waals surface area contributed by atoms with Crippen molar-refractivity contribution in [3.8, 4) is 0 Å². The SMILES string of the molecule is O=C(c1ccc(F)c(F)c1)c1cccc2c1CCCN2. The largest absolute Gasteiger partial charge is 0.385 e. The minimum atomic E-state index is -1.00. The van der Waals surface area contributed by atoms with E-state index in [1.165, 1.54) is 6.07 Å². The van der Waals surface area contributed by atoms with E-state index in [2.05, 4.69) is 5.32 Å². The van der Waals surface area contributed by atoms with E-state index in [9.17, 15) is 13.6 Å². The lowest BCUT2D eigenvalue weighted by molar-refractivity contribution is 0.103. The summed E-state index contributed by atoms with van der Waals surface area (Å²) < 4.78 is 26.2. The Morgan fingerprint density at radius 3 is 2.75 bits per heavy atom. The van der Waals surface area contributed by atoms with Gasteiger partial charge in [-0.1, -0.05) is 12.1 Å². The summed E-state index contributed by atoms with van der Waals surface area (Å²) in [4.78, 5) is 12.5. The lowest BCUT2D eigenvalue weighted by Gasteiger charge is -2.20. The summed E-state index contributed by atoms with van der Waals surface area (Å²) in [5, 5.41) is 3.24. The molecule has 0 fully saturated rings. The number of carbonyl (C=O) groups is 1. The van der Waals surface area contributed by atoms with E-state index in [4.69, 9.17) is 0 Å². The molecular weight excluding hydrogens is 260 g/mol. The van der Waals surface area contributed by atoms with E-state index in [1.807, 2.05) is 6.07 Å². The molecular formula is C16H13F2NO. The van der Waals surface area contributed by atoms with Gasteiger partial charge in [0.2, 0.25) is 0 Å². The number of rotatable bonds is 2. The van der Waals surface area contributed by atoms with Crippen molar-refractivity contribution in [1.29, 1.82) is 0 Å². The highest BCUT2D eigenvalue weighted by Gasteiger charge is 2.19. The molecule has 1 aliphatic heterocycles. The quantitative estimate of drug-likeness (QED) is 0.848. The Morgan fingerprint density at radius 1 is 1.10 bits per heavy atom. The van der Waals surface area contributed by atoms with Gasteiger partial charge in [0.05, 0.1) is 0 Å². The molecule has 0 aliphatic carbocycles. The number of anilines is 1. The topological polar surface area (TPSA) is 29.1 Å². The Balaban J connectivity index is 2.04. The Hall–Kier alpha value is -2.23. The van der Waals surface area contributed by atoms with Crippen molar-refractivity contribution >= 4 is 11.5 Å². The molecule has 0 bridgehead atoms. The predicted octanol–water partition coefficient (Wildman–Crippen LogP) is 3.55. The maximum absolute atomic E-state index is 13.3. The van der Waals surface area contributed by atoms with Gasteiger partial charge in [0.1, 0.15) is 0 Å². The van der Waals surface area contributed by atoms with Gasteiger partial charge in [-0.05, 0) is 42.7 Å². The lowest BCUT2D eigenvalue weighted by atomic mass is 9.92. The summed E-state index contributed by atoms with van der Waals surface area (Å²) in [5.41, 5.74) is 2.63. The predicted molar refractivity (Wildman–Crippen MR) is 73.0 cm³/mol. The van der Waals surface area contributed by atoms with Crippen LogP contribution in [0, 0.1) is 11.6 Å². The van der Waals surface area contributed by atoms with Crippen molar-refractivity contribution in [3.05, 3.63) is 64.7 Å². The van der Waals surface area contributed by atoms with Gasteiger partial charge >= 0.3 is 0 Å². The number of carbonyl (C=O) groups excluding carboxylic acids is 1. The van der Waals surface area contributed by atoms with Crippen LogP contribution in [0.15, 0.2) is 36.4 Å². The molecule has 0 aromatic heterocycles. The normalized spacial score (nSPS) is 13.5. The average Bonchev–Trinajstić information content (AvgIpc) is 2.49. The van der Waals surface area contributed by atoms with E-state index < -0.39 is 11.6 Å². The van der Waals surface area contributed by atoms with Crippen molar-refractivity contribution in [2.45, 2.75) is 12.8 Å². The zero-order chi connectivity index (χ0) is 14.1. The molecule has 2 aromatic carbocycles. The van der Waals surface area contributed by atoms with Crippen LogP contribution in [0.4, 0.5) is 14.5 Å². The Kier molecular flexibility index (Phi) is 3.22. The van der Waals surface area contributed by atoms with Crippen LogP contribution in [0.3, 0.4) is 0 Å². The molecule has 0 unspecified atom stereocenters. The highest BCUT2D eigenvalue weighted by atomic mass is 19.2. The standard InChI is InChI=1S/C16H13F2NO/c17-13-7-6-10(9-14(13)18)16(20)12-3-1-5-15-11(12)4-2-8-19-15/h1,3,5-7,9,19H,2,4,8H2. The van der Waals surface area contributed by atoms with Crippen LogP contribution in [0.1, 0.15) is 27.9 Å². The number of fused-ring (bicyclic) bond motifs is 1. The molecule has 0 atom stereocenters. The molecule has 2 aromatic rings. The maximum Gasteiger partial charge on any atom is 0.193 e. The minimum Gasteiger partial charge on any atom is -0.385 e. The summed E-state index contributed by atoms with van der Waals surface area (Å²) >= 11 is 0. The van der Waals surface area contributed by atoms with Gasteiger partial charge in [-0.15, -0.1) is 0 Å². The molecule has 4 heteroatoms. The van der Waals surface area contributed by atoms with Gasteiger partial charge in [-0.2, -0.15) is 0 Å². The van der Waals surface area contributed by atoms with Crippen LogP contribution < -0.4 is 5.32 Å². The highest BCUT2D eigenvalue weighted by molar-refractivity contribution is 6.10. The van der Waals surface area contributed by atoms with Gasteiger partial charge < -0.3 is 5.32 Å². The fraction of sp³-hybridized carbons (Fsp3) is 0.188. The molecule has 1 heterocycles. The minimum absolute atomic E-state index is 0.169. The number of nitrogens with one attached hydrogen (secondary N) is 1. The molecule has 0 radical (unpaired) electrons. The first-order valence-corrected chi connectivity index (χ1v) is 6.52. The Bertz CT molecular complexity index is 682. The molecule has 102 valence electrons. The van der Waals surface area contributed by atoms with Crippen LogP contribution in [-0.2, 0) is 6.42 Å². The second-order valence-corrected chi connectivity index (χ2v) is 4.82. The number of ketones is 1. The van der Waals surface area contributed by atoms with Gasteiger partial charge in [-0.3, -0.25) is 4.79 Å². The number of halogens is 2.